The van der Waals surface area contributed by atoms with Gasteiger partial charge in [0.2, 0.25) is 5.91 Å². The quantitative estimate of drug-likeness (QED) is 0.743. The van der Waals surface area contributed by atoms with Crippen molar-refractivity contribution in [2.75, 3.05) is 18.0 Å². The molecule has 3 N–H and O–H groups in total. The molecule has 0 fully saturated rings. The molecule has 1 heterocycles. The Morgan fingerprint density at radius 3 is 2.71 bits per heavy atom. The number of para-hydroxylation sites is 1. The van der Waals surface area contributed by atoms with E-state index >= 15 is 0 Å². The van der Waals surface area contributed by atoms with Gasteiger partial charge in [0.05, 0.1) is 6.54 Å². The molecule has 0 aromatic heterocycles. The summed E-state index contributed by atoms with van der Waals surface area (Å²) < 4.78 is 0. The molecule has 1 atom stereocenters. The summed E-state index contributed by atoms with van der Waals surface area (Å²) >= 11 is 0. The number of nitrogens with one attached hydrogen (secondary N) is 2. The Morgan fingerprint density at radius 2 is 2.05 bits per heavy atom. The number of urea groups is 1. The minimum Gasteiger partial charge on any atom is -0.480 e. The molecule has 0 radical (unpaired) electrons. The minimum atomic E-state index is -0.989. The number of rotatable bonds is 4. The first kappa shape index (κ1) is 14.8. The molecular formula is C14H17N3O4. The van der Waals surface area contributed by atoms with Gasteiger partial charge in [-0.3, -0.25) is 10.1 Å². The Morgan fingerprint density at radius 1 is 1.33 bits per heavy atom. The smallest absolute Gasteiger partial charge is 0.326 e. The van der Waals surface area contributed by atoms with Crippen LogP contribution in [0.3, 0.4) is 0 Å². The predicted octanol–water partition coefficient (Wildman–Crippen LogP) is 0.348. The van der Waals surface area contributed by atoms with Gasteiger partial charge in [0.25, 0.3) is 0 Å². The van der Waals surface area contributed by atoms with Gasteiger partial charge in [0.1, 0.15) is 6.04 Å². The molecule has 0 bridgehead atoms. The lowest BCUT2D eigenvalue weighted by Crippen LogP contribution is -2.48. The summed E-state index contributed by atoms with van der Waals surface area (Å²) in [6.07, 6.45) is 0.347. The van der Waals surface area contributed by atoms with Gasteiger partial charge < -0.3 is 15.3 Å². The first-order chi connectivity index (χ1) is 10.0. The lowest BCUT2D eigenvalue weighted by atomic mass is 10.1. The van der Waals surface area contributed by atoms with Crippen molar-refractivity contribution in [2.45, 2.75) is 19.4 Å². The Kier molecular flexibility index (Phi) is 4.42. The highest BCUT2D eigenvalue weighted by Gasteiger charge is 2.35. The van der Waals surface area contributed by atoms with E-state index in [4.69, 9.17) is 0 Å². The van der Waals surface area contributed by atoms with Gasteiger partial charge in [-0.05, 0) is 18.6 Å². The van der Waals surface area contributed by atoms with Crippen LogP contribution >= 0.6 is 0 Å². The molecule has 0 aliphatic carbocycles. The fourth-order valence-electron chi connectivity index (χ4n) is 2.39. The zero-order valence-electron chi connectivity index (χ0n) is 11.6. The Hall–Kier alpha value is -2.57. The van der Waals surface area contributed by atoms with E-state index in [-0.39, 0.29) is 6.54 Å². The Bertz CT molecular complexity index is 573. The molecule has 2 rings (SSSR count). The van der Waals surface area contributed by atoms with E-state index < -0.39 is 23.9 Å². The van der Waals surface area contributed by atoms with Crippen molar-refractivity contribution < 1.29 is 19.5 Å². The maximum atomic E-state index is 11.9. The van der Waals surface area contributed by atoms with Crippen LogP contribution in [0.15, 0.2) is 24.3 Å². The van der Waals surface area contributed by atoms with Crippen molar-refractivity contribution in [2.24, 2.45) is 0 Å². The molecule has 1 aromatic rings. The zero-order valence-corrected chi connectivity index (χ0v) is 11.6. The number of fused-ring (bicyclic) bond motifs is 1. The summed E-state index contributed by atoms with van der Waals surface area (Å²) in [5.74, 6) is -1.53. The number of nitrogens with zero attached hydrogens (tertiary/aromatic N) is 1. The summed E-state index contributed by atoms with van der Waals surface area (Å²) in [5, 5.41) is 13.9. The number of imide groups is 1. The lowest BCUT2D eigenvalue weighted by molar-refractivity contribution is -0.138. The number of carboxylic acid groups (broad SMARTS) is 1. The molecule has 1 aliphatic heterocycles. The van der Waals surface area contributed by atoms with E-state index in [1.807, 2.05) is 12.1 Å². The molecule has 7 nitrogen and oxygen atoms in total. The topological polar surface area (TPSA) is 98.7 Å². The Balaban J connectivity index is 2.10. The number of amides is 3. The first-order valence-corrected chi connectivity index (χ1v) is 6.68. The van der Waals surface area contributed by atoms with Crippen molar-refractivity contribution in [1.29, 1.82) is 0 Å². The van der Waals surface area contributed by atoms with Crippen LogP contribution in [0, 0.1) is 0 Å². The van der Waals surface area contributed by atoms with Gasteiger partial charge in [-0.2, -0.15) is 0 Å². The van der Waals surface area contributed by atoms with Gasteiger partial charge in [0.15, 0.2) is 0 Å². The summed E-state index contributed by atoms with van der Waals surface area (Å²) in [7, 11) is 0. The van der Waals surface area contributed by atoms with Crippen LogP contribution in [0.5, 0.6) is 0 Å². The third-order valence-electron chi connectivity index (χ3n) is 3.28. The van der Waals surface area contributed by atoms with Gasteiger partial charge in [0, 0.05) is 18.7 Å². The van der Waals surface area contributed by atoms with Gasteiger partial charge in [-0.15, -0.1) is 0 Å². The maximum absolute atomic E-state index is 11.9. The summed E-state index contributed by atoms with van der Waals surface area (Å²) in [6.45, 7) is 1.97. The molecule has 21 heavy (non-hydrogen) atoms. The number of hydrogen-bond donors (Lipinski definition) is 3. The summed E-state index contributed by atoms with van der Waals surface area (Å²) in [5.41, 5.74) is 1.60. The van der Waals surface area contributed by atoms with E-state index in [0.29, 0.717) is 13.0 Å². The second kappa shape index (κ2) is 6.25. The van der Waals surface area contributed by atoms with Crippen molar-refractivity contribution in [3.63, 3.8) is 0 Å². The minimum absolute atomic E-state index is 0.175. The highest BCUT2D eigenvalue weighted by molar-refractivity contribution is 5.97. The number of carbonyl (C=O) groups excluding carboxylic acids is 2. The molecule has 1 aromatic carbocycles. The lowest BCUT2D eigenvalue weighted by Gasteiger charge is -2.23. The van der Waals surface area contributed by atoms with E-state index in [9.17, 15) is 19.5 Å². The largest absolute Gasteiger partial charge is 0.480 e. The highest BCUT2D eigenvalue weighted by atomic mass is 16.4. The van der Waals surface area contributed by atoms with Gasteiger partial charge >= 0.3 is 12.0 Å². The van der Waals surface area contributed by atoms with Gasteiger partial charge in [-0.1, -0.05) is 18.2 Å². The van der Waals surface area contributed by atoms with Crippen LogP contribution in [0.25, 0.3) is 0 Å². The second-order valence-electron chi connectivity index (χ2n) is 4.72. The van der Waals surface area contributed by atoms with Gasteiger partial charge in [-0.25, -0.2) is 9.59 Å². The molecule has 1 aliphatic rings. The molecule has 7 heteroatoms. The van der Waals surface area contributed by atoms with Crippen molar-refractivity contribution >= 4 is 23.6 Å². The molecule has 0 saturated heterocycles. The number of carboxylic acids is 1. The number of benzene rings is 1. The first-order valence-electron chi connectivity index (χ1n) is 6.68. The molecule has 0 saturated carbocycles. The SMILES string of the molecule is CCNC(=O)NC(=O)CN1c2ccccc2CC1C(=O)O. The molecule has 112 valence electrons. The van der Waals surface area contributed by atoms with Crippen molar-refractivity contribution in [3.8, 4) is 0 Å². The van der Waals surface area contributed by atoms with Crippen molar-refractivity contribution in [1.82, 2.24) is 10.6 Å². The van der Waals surface area contributed by atoms with E-state index in [0.717, 1.165) is 11.3 Å². The zero-order chi connectivity index (χ0) is 15.4. The third-order valence-corrected chi connectivity index (χ3v) is 3.28. The van der Waals surface area contributed by atoms with Crippen LogP contribution in [0.4, 0.5) is 10.5 Å². The maximum Gasteiger partial charge on any atom is 0.326 e. The number of aliphatic carboxylic acids is 1. The second-order valence-corrected chi connectivity index (χ2v) is 4.72. The molecule has 3 amide bonds. The van der Waals surface area contributed by atoms with E-state index in [1.165, 1.54) is 4.90 Å². The van der Waals surface area contributed by atoms with Crippen molar-refractivity contribution in [3.05, 3.63) is 29.8 Å². The summed E-state index contributed by atoms with van der Waals surface area (Å²) in [4.78, 5) is 36.0. The van der Waals surface area contributed by atoms with Crippen LogP contribution < -0.4 is 15.5 Å². The van der Waals surface area contributed by atoms with E-state index in [2.05, 4.69) is 10.6 Å². The molecular weight excluding hydrogens is 274 g/mol. The van der Waals surface area contributed by atoms with Crippen LogP contribution in [-0.4, -0.2) is 42.1 Å². The summed E-state index contributed by atoms with van der Waals surface area (Å²) in [6, 6.07) is 5.86. The number of anilines is 1. The Labute approximate surface area is 121 Å². The average molecular weight is 291 g/mol. The molecule has 0 spiro atoms. The normalized spacial score (nSPS) is 16.2. The highest BCUT2D eigenvalue weighted by Crippen LogP contribution is 2.31. The van der Waals surface area contributed by atoms with Crippen LogP contribution in [0.2, 0.25) is 0 Å². The number of hydrogen-bond acceptors (Lipinski definition) is 4. The predicted molar refractivity (Wildman–Crippen MR) is 76.1 cm³/mol. The number of carbonyl (C=O) groups is 3. The third kappa shape index (κ3) is 3.31. The van der Waals surface area contributed by atoms with Crippen LogP contribution in [-0.2, 0) is 16.0 Å². The van der Waals surface area contributed by atoms with Crippen LogP contribution in [0.1, 0.15) is 12.5 Å². The van der Waals surface area contributed by atoms with E-state index in [1.54, 1.807) is 19.1 Å². The monoisotopic (exact) mass is 291 g/mol. The fourth-order valence-corrected chi connectivity index (χ4v) is 2.39. The fraction of sp³-hybridized carbons (Fsp3) is 0.357. The average Bonchev–Trinajstić information content (AvgIpc) is 2.78. The standard InChI is InChI=1S/C14H17N3O4/c1-2-15-14(21)16-12(18)8-17-10-6-4-3-5-9(10)7-11(17)13(19)20/h3-6,11H,2,7-8H2,1H3,(H,19,20)(H2,15,16,18,21). The molecule has 1 unspecified atom stereocenters.